The first-order valence-electron chi connectivity index (χ1n) is 3.97. The van der Waals surface area contributed by atoms with Crippen molar-refractivity contribution >= 4 is 5.69 Å². The predicted octanol–water partition coefficient (Wildman–Crippen LogP) is 2.65. The average Bonchev–Trinajstić information content (AvgIpc) is 2.71. The number of furan rings is 1. The molecule has 0 aliphatic heterocycles. The molecule has 4 nitrogen and oxygen atoms in total. The third-order valence-electron chi connectivity index (χ3n) is 1.84. The first kappa shape index (κ1) is 8.50. The number of nitrogens with zero attached hydrogens (tertiary/aromatic N) is 1. The van der Waals surface area contributed by atoms with Gasteiger partial charge in [0.25, 0.3) is 5.69 Å². The van der Waals surface area contributed by atoms with Gasteiger partial charge in [0.2, 0.25) is 0 Å². The SMILES string of the molecule is O=[N+]([O-])c1cccc(-c2[c]occ2)c1. The van der Waals surface area contributed by atoms with Gasteiger partial charge in [-0.2, -0.15) is 0 Å². The Morgan fingerprint density at radius 3 is 2.86 bits per heavy atom. The lowest BCUT2D eigenvalue weighted by atomic mass is 10.1. The van der Waals surface area contributed by atoms with Crippen LogP contribution >= 0.6 is 0 Å². The van der Waals surface area contributed by atoms with Crippen molar-refractivity contribution in [3.8, 4) is 11.1 Å². The van der Waals surface area contributed by atoms with Crippen molar-refractivity contribution in [1.82, 2.24) is 0 Å². The molecule has 1 radical (unpaired) electrons. The van der Waals surface area contributed by atoms with Crippen LogP contribution in [0.25, 0.3) is 11.1 Å². The number of rotatable bonds is 2. The molecule has 0 atom stereocenters. The molecule has 2 rings (SSSR count). The van der Waals surface area contributed by atoms with Gasteiger partial charge in [-0.25, -0.2) is 0 Å². The maximum Gasteiger partial charge on any atom is 0.270 e. The van der Waals surface area contributed by atoms with E-state index in [0.717, 1.165) is 5.56 Å². The Kier molecular flexibility index (Phi) is 2.02. The summed E-state index contributed by atoms with van der Waals surface area (Å²) in [6.07, 6.45) is 4.10. The van der Waals surface area contributed by atoms with Gasteiger partial charge in [0.15, 0.2) is 6.26 Å². The minimum Gasteiger partial charge on any atom is -0.460 e. The molecule has 0 aliphatic carbocycles. The second kappa shape index (κ2) is 3.33. The molecule has 0 bridgehead atoms. The third-order valence-corrected chi connectivity index (χ3v) is 1.84. The standard InChI is InChI=1S/C10H6NO3/c12-11(13)10-3-1-2-8(6-10)9-4-5-14-7-9/h1-6H. The fraction of sp³-hybridized carbons (Fsp3) is 0. The van der Waals surface area contributed by atoms with E-state index in [2.05, 4.69) is 6.26 Å². The maximum atomic E-state index is 10.5. The summed E-state index contributed by atoms with van der Waals surface area (Å²) in [6.45, 7) is 0. The van der Waals surface area contributed by atoms with E-state index < -0.39 is 4.92 Å². The van der Waals surface area contributed by atoms with Crippen molar-refractivity contribution in [3.63, 3.8) is 0 Å². The van der Waals surface area contributed by atoms with Crippen LogP contribution in [0, 0.1) is 16.4 Å². The first-order valence-corrected chi connectivity index (χ1v) is 3.97. The normalized spacial score (nSPS) is 10.0. The smallest absolute Gasteiger partial charge is 0.270 e. The van der Waals surface area contributed by atoms with E-state index in [1.54, 1.807) is 18.2 Å². The number of hydrogen-bond donors (Lipinski definition) is 0. The first-order chi connectivity index (χ1) is 6.77. The zero-order chi connectivity index (χ0) is 9.97. The molecule has 1 aromatic heterocycles. The minimum absolute atomic E-state index is 0.0668. The lowest BCUT2D eigenvalue weighted by molar-refractivity contribution is -0.384. The summed E-state index contributed by atoms with van der Waals surface area (Å²) >= 11 is 0. The number of nitro groups is 1. The number of non-ortho nitro benzene ring substituents is 1. The Morgan fingerprint density at radius 1 is 1.36 bits per heavy atom. The summed E-state index contributed by atoms with van der Waals surface area (Å²) in [7, 11) is 0. The second-order valence-electron chi connectivity index (χ2n) is 2.74. The molecular weight excluding hydrogens is 182 g/mol. The van der Waals surface area contributed by atoms with E-state index in [1.807, 2.05) is 0 Å². The molecule has 1 aromatic carbocycles. The fourth-order valence-corrected chi connectivity index (χ4v) is 1.18. The molecule has 0 spiro atoms. The quantitative estimate of drug-likeness (QED) is 0.537. The van der Waals surface area contributed by atoms with Gasteiger partial charge < -0.3 is 4.42 Å². The number of benzene rings is 1. The van der Waals surface area contributed by atoms with E-state index in [-0.39, 0.29) is 5.69 Å². The van der Waals surface area contributed by atoms with Crippen molar-refractivity contribution in [2.75, 3.05) is 0 Å². The Labute approximate surface area is 79.9 Å². The molecule has 4 heteroatoms. The van der Waals surface area contributed by atoms with E-state index >= 15 is 0 Å². The Balaban J connectivity index is 2.46. The second-order valence-corrected chi connectivity index (χ2v) is 2.74. The zero-order valence-electron chi connectivity index (χ0n) is 7.14. The van der Waals surface area contributed by atoms with Crippen LogP contribution in [0.15, 0.2) is 41.0 Å². The molecule has 0 fully saturated rings. The van der Waals surface area contributed by atoms with Crippen molar-refractivity contribution in [3.05, 3.63) is 53.0 Å². The van der Waals surface area contributed by atoms with Crippen LogP contribution in [-0.2, 0) is 0 Å². The third kappa shape index (κ3) is 1.50. The summed E-state index contributed by atoms with van der Waals surface area (Å²) in [5.74, 6) is 0. The highest BCUT2D eigenvalue weighted by Crippen LogP contribution is 2.23. The number of nitro benzene ring substituents is 1. The van der Waals surface area contributed by atoms with Crippen molar-refractivity contribution in [1.29, 1.82) is 0 Å². The summed E-state index contributed by atoms with van der Waals surface area (Å²) < 4.78 is 4.77. The van der Waals surface area contributed by atoms with Gasteiger partial charge in [-0.1, -0.05) is 12.1 Å². The van der Waals surface area contributed by atoms with E-state index in [0.29, 0.717) is 5.56 Å². The molecule has 14 heavy (non-hydrogen) atoms. The average molecular weight is 188 g/mol. The van der Waals surface area contributed by atoms with Gasteiger partial charge in [-0.05, 0) is 11.6 Å². The van der Waals surface area contributed by atoms with Crippen LogP contribution in [0.2, 0.25) is 0 Å². The molecule has 0 amide bonds. The highest BCUT2D eigenvalue weighted by Gasteiger charge is 2.07. The minimum atomic E-state index is -0.427. The van der Waals surface area contributed by atoms with Crippen LogP contribution in [-0.4, -0.2) is 4.92 Å². The van der Waals surface area contributed by atoms with Crippen LogP contribution in [0.1, 0.15) is 0 Å². The summed E-state index contributed by atoms with van der Waals surface area (Å²) in [5.41, 5.74) is 1.51. The number of hydrogen-bond acceptors (Lipinski definition) is 3. The van der Waals surface area contributed by atoms with Crippen molar-refractivity contribution < 1.29 is 9.34 Å². The van der Waals surface area contributed by atoms with Gasteiger partial charge in [-0.3, -0.25) is 10.1 Å². The van der Waals surface area contributed by atoms with E-state index in [4.69, 9.17) is 4.42 Å². The van der Waals surface area contributed by atoms with E-state index in [1.165, 1.54) is 18.4 Å². The molecule has 1 heterocycles. The van der Waals surface area contributed by atoms with Gasteiger partial charge in [-0.15, -0.1) is 0 Å². The Bertz CT molecular complexity index is 448. The van der Waals surface area contributed by atoms with Gasteiger partial charge in [0.1, 0.15) is 0 Å². The molecular formula is C10H6NO3. The lowest BCUT2D eigenvalue weighted by Gasteiger charge is -1.95. The van der Waals surface area contributed by atoms with Gasteiger partial charge in [0, 0.05) is 17.7 Å². The van der Waals surface area contributed by atoms with Crippen LogP contribution < -0.4 is 0 Å². The summed E-state index contributed by atoms with van der Waals surface area (Å²) in [6, 6.07) is 8.05. The molecule has 0 N–H and O–H groups in total. The molecule has 0 saturated carbocycles. The topological polar surface area (TPSA) is 56.3 Å². The van der Waals surface area contributed by atoms with Gasteiger partial charge >= 0.3 is 0 Å². The maximum absolute atomic E-state index is 10.5. The van der Waals surface area contributed by atoms with E-state index in [9.17, 15) is 10.1 Å². The predicted molar refractivity (Wildman–Crippen MR) is 49.6 cm³/mol. The van der Waals surface area contributed by atoms with Crippen LogP contribution in [0.5, 0.6) is 0 Å². The summed E-state index contributed by atoms with van der Waals surface area (Å²) in [5, 5.41) is 10.5. The molecule has 2 aromatic rings. The lowest BCUT2D eigenvalue weighted by Crippen LogP contribution is -1.87. The van der Waals surface area contributed by atoms with Crippen LogP contribution in [0.4, 0.5) is 5.69 Å². The highest BCUT2D eigenvalue weighted by molar-refractivity contribution is 5.64. The molecule has 0 unspecified atom stereocenters. The summed E-state index contributed by atoms with van der Waals surface area (Å²) in [4.78, 5) is 10.1. The largest absolute Gasteiger partial charge is 0.460 e. The van der Waals surface area contributed by atoms with Crippen molar-refractivity contribution in [2.24, 2.45) is 0 Å². The Hall–Kier alpha value is -2.10. The van der Waals surface area contributed by atoms with Crippen LogP contribution in [0.3, 0.4) is 0 Å². The van der Waals surface area contributed by atoms with Gasteiger partial charge in [0.05, 0.1) is 11.2 Å². The Morgan fingerprint density at radius 2 is 2.21 bits per heavy atom. The highest BCUT2D eigenvalue weighted by atomic mass is 16.6. The fourth-order valence-electron chi connectivity index (χ4n) is 1.18. The molecule has 69 valence electrons. The molecule has 0 aliphatic rings. The van der Waals surface area contributed by atoms with Crippen molar-refractivity contribution in [2.45, 2.75) is 0 Å². The monoisotopic (exact) mass is 188 g/mol. The molecule has 0 saturated heterocycles. The zero-order valence-corrected chi connectivity index (χ0v) is 7.14.